The van der Waals surface area contributed by atoms with Crippen LogP contribution in [0.25, 0.3) is 0 Å². The summed E-state index contributed by atoms with van der Waals surface area (Å²) in [5.74, 6) is 1.70. The molecule has 0 amide bonds. The molecule has 2 aromatic rings. The molecule has 7 heteroatoms. The molecule has 2 N–H and O–H groups in total. The monoisotopic (exact) mass is 474 g/mol. The molecule has 0 unspecified atom stereocenters. The minimum atomic E-state index is 0. The molecule has 0 atom stereocenters. The van der Waals surface area contributed by atoms with Crippen molar-refractivity contribution >= 4 is 41.3 Å². The highest BCUT2D eigenvalue weighted by Crippen LogP contribution is 2.17. The van der Waals surface area contributed by atoms with Crippen LogP contribution >= 0.6 is 35.3 Å². The van der Waals surface area contributed by atoms with Gasteiger partial charge in [0, 0.05) is 24.4 Å². The van der Waals surface area contributed by atoms with Gasteiger partial charge in [-0.3, -0.25) is 0 Å². The van der Waals surface area contributed by atoms with E-state index in [4.69, 9.17) is 4.74 Å². The van der Waals surface area contributed by atoms with E-state index >= 15 is 0 Å². The molecule has 0 saturated heterocycles. The molecule has 2 rings (SSSR count). The maximum absolute atomic E-state index is 5.18. The number of methoxy groups -OCH3 is 1. The standard InChI is InChI=1S/C18H26N4OS.HI/c1-5-19-18(20-11-10-17-13(2)22-14(3)24-17)21-12-15-6-8-16(23-4)9-7-15;/h6-9H,5,10-12H2,1-4H3,(H2,19,20,21);1H. The lowest BCUT2D eigenvalue weighted by molar-refractivity contribution is 0.414. The van der Waals surface area contributed by atoms with Crippen LogP contribution in [0.4, 0.5) is 0 Å². The van der Waals surface area contributed by atoms with Crippen molar-refractivity contribution in [3.05, 3.63) is 45.4 Å². The minimum absolute atomic E-state index is 0. The van der Waals surface area contributed by atoms with Crippen molar-refractivity contribution in [2.24, 2.45) is 4.99 Å². The first-order valence-electron chi connectivity index (χ1n) is 8.20. The third kappa shape index (κ3) is 7.19. The number of aliphatic imine (C=N–C) groups is 1. The molecule has 1 heterocycles. The van der Waals surface area contributed by atoms with Gasteiger partial charge in [0.2, 0.25) is 0 Å². The molecule has 1 aromatic heterocycles. The number of nitrogens with zero attached hydrogens (tertiary/aromatic N) is 2. The lowest BCUT2D eigenvalue weighted by atomic mass is 10.2. The van der Waals surface area contributed by atoms with Gasteiger partial charge in [0.05, 0.1) is 24.4 Å². The number of aryl methyl sites for hydroxylation is 2. The van der Waals surface area contributed by atoms with E-state index in [2.05, 4.69) is 41.4 Å². The number of thiazole rings is 1. The summed E-state index contributed by atoms with van der Waals surface area (Å²) in [4.78, 5) is 10.4. The highest BCUT2D eigenvalue weighted by molar-refractivity contribution is 14.0. The van der Waals surface area contributed by atoms with Crippen LogP contribution in [0.2, 0.25) is 0 Å². The molecule has 0 saturated carbocycles. The molecule has 1 aromatic carbocycles. The number of ether oxygens (including phenoxy) is 1. The number of nitrogens with one attached hydrogen (secondary N) is 2. The maximum Gasteiger partial charge on any atom is 0.191 e. The fourth-order valence-electron chi connectivity index (χ4n) is 2.34. The average Bonchev–Trinajstić information content (AvgIpc) is 2.90. The highest BCUT2D eigenvalue weighted by Gasteiger charge is 2.05. The Kier molecular flexibility index (Phi) is 9.81. The molecule has 0 fully saturated rings. The van der Waals surface area contributed by atoms with Crippen LogP contribution in [0.3, 0.4) is 0 Å². The molecule has 0 aliphatic heterocycles. The number of aromatic nitrogens is 1. The van der Waals surface area contributed by atoms with Gasteiger partial charge in [0.25, 0.3) is 0 Å². The van der Waals surface area contributed by atoms with Crippen molar-refractivity contribution in [2.75, 3.05) is 20.2 Å². The van der Waals surface area contributed by atoms with E-state index < -0.39 is 0 Å². The summed E-state index contributed by atoms with van der Waals surface area (Å²) in [7, 11) is 1.67. The normalized spacial score (nSPS) is 11.0. The van der Waals surface area contributed by atoms with Crippen LogP contribution in [0.1, 0.15) is 28.1 Å². The SMILES string of the molecule is CCNC(=NCc1ccc(OC)cc1)NCCc1sc(C)nc1C.I. The molecule has 0 aliphatic rings. The Bertz CT molecular complexity index is 670. The molecule has 0 aliphatic carbocycles. The van der Waals surface area contributed by atoms with Crippen molar-refractivity contribution in [3.8, 4) is 5.75 Å². The van der Waals surface area contributed by atoms with Crippen molar-refractivity contribution in [1.82, 2.24) is 15.6 Å². The number of benzene rings is 1. The molecular formula is C18H27IN4OS. The number of halogens is 1. The smallest absolute Gasteiger partial charge is 0.191 e. The number of guanidine groups is 1. The molecule has 0 bridgehead atoms. The van der Waals surface area contributed by atoms with Crippen molar-refractivity contribution < 1.29 is 4.74 Å². The fourth-order valence-corrected chi connectivity index (χ4v) is 3.28. The van der Waals surface area contributed by atoms with Gasteiger partial charge in [-0.25, -0.2) is 9.98 Å². The molecule has 0 radical (unpaired) electrons. The lowest BCUT2D eigenvalue weighted by Gasteiger charge is -2.11. The predicted molar refractivity (Wildman–Crippen MR) is 117 cm³/mol. The summed E-state index contributed by atoms with van der Waals surface area (Å²) < 4.78 is 5.18. The zero-order chi connectivity index (χ0) is 17.4. The van der Waals surface area contributed by atoms with Crippen LogP contribution in [0.15, 0.2) is 29.3 Å². The number of hydrogen-bond donors (Lipinski definition) is 2. The summed E-state index contributed by atoms with van der Waals surface area (Å²) in [5.41, 5.74) is 2.29. The maximum atomic E-state index is 5.18. The van der Waals surface area contributed by atoms with E-state index in [1.54, 1.807) is 18.4 Å². The number of hydrogen-bond acceptors (Lipinski definition) is 4. The van der Waals surface area contributed by atoms with Crippen LogP contribution in [-0.2, 0) is 13.0 Å². The van der Waals surface area contributed by atoms with E-state index in [-0.39, 0.29) is 24.0 Å². The first-order valence-corrected chi connectivity index (χ1v) is 9.02. The second-order valence-electron chi connectivity index (χ2n) is 5.46. The van der Waals surface area contributed by atoms with E-state index in [9.17, 15) is 0 Å². The molecule has 0 spiro atoms. The fraction of sp³-hybridized carbons (Fsp3) is 0.444. The third-order valence-electron chi connectivity index (χ3n) is 3.57. The summed E-state index contributed by atoms with van der Waals surface area (Å²) in [6.45, 7) is 8.51. The van der Waals surface area contributed by atoms with Crippen molar-refractivity contribution in [3.63, 3.8) is 0 Å². The Morgan fingerprint density at radius 3 is 2.48 bits per heavy atom. The Hall–Kier alpha value is -1.35. The zero-order valence-electron chi connectivity index (χ0n) is 15.3. The molecule has 138 valence electrons. The zero-order valence-corrected chi connectivity index (χ0v) is 18.4. The lowest BCUT2D eigenvalue weighted by Crippen LogP contribution is -2.38. The molecule has 5 nitrogen and oxygen atoms in total. The minimum Gasteiger partial charge on any atom is -0.497 e. The third-order valence-corrected chi connectivity index (χ3v) is 4.70. The van der Waals surface area contributed by atoms with Gasteiger partial charge >= 0.3 is 0 Å². The van der Waals surface area contributed by atoms with Gasteiger partial charge in [-0.2, -0.15) is 0 Å². The van der Waals surface area contributed by atoms with Gasteiger partial charge in [-0.15, -0.1) is 35.3 Å². The Morgan fingerprint density at radius 1 is 1.20 bits per heavy atom. The van der Waals surface area contributed by atoms with Gasteiger partial charge in [0.15, 0.2) is 5.96 Å². The Morgan fingerprint density at radius 2 is 1.92 bits per heavy atom. The van der Waals surface area contributed by atoms with Gasteiger partial charge in [0.1, 0.15) is 5.75 Å². The van der Waals surface area contributed by atoms with Crippen molar-refractivity contribution in [2.45, 2.75) is 33.7 Å². The average molecular weight is 474 g/mol. The Balaban J connectivity index is 0.00000312. The van der Waals surface area contributed by atoms with Crippen LogP contribution in [0, 0.1) is 13.8 Å². The van der Waals surface area contributed by atoms with E-state index in [0.29, 0.717) is 6.54 Å². The van der Waals surface area contributed by atoms with Gasteiger partial charge in [-0.05, 0) is 38.5 Å². The molecule has 25 heavy (non-hydrogen) atoms. The predicted octanol–water partition coefficient (Wildman–Crippen LogP) is 3.68. The highest BCUT2D eigenvalue weighted by atomic mass is 127. The summed E-state index contributed by atoms with van der Waals surface area (Å²) in [6.07, 6.45) is 0.963. The van der Waals surface area contributed by atoms with Gasteiger partial charge < -0.3 is 15.4 Å². The second kappa shape index (κ2) is 11.3. The summed E-state index contributed by atoms with van der Waals surface area (Å²) >= 11 is 1.77. The Labute approximate surface area is 171 Å². The van der Waals surface area contributed by atoms with E-state index in [1.807, 2.05) is 24.3 Å². The second-order valence-corrected chi connectivity index (χ2v) is 6.75. The van der Waals surface area contributed by atoms with E-state index in [1.165, 1.54) is 4.88 Å². The van der Waals surface area contributed by atoms with Crippen LogP contribution in [0.5, 0.6) is 5.75 Å². The largest absolute Gasteiger partial charge is 0.497 e. The van der Waals surface area contributed by atoms with Crippen LogP contribution in [-0.4, -0.2) is 31.1 Å². The topological polar surface area (TPSA) is 58.5 Å². The van der Waals surface area contributed by atoms with E-state index in [0.717, 1.165) is 47.5 Å². The molecular weight excluding hydrogens is 447 g/mol. The summed E-state index contributed by atoms with van der Waals surface area (Å²) in [5, 5.41) is 7.80. The first kappa shape index (κ1) is 21.7. The quantitative estimate of drug-likeness (QED) is 0.365. The summed E-state index contributed by atoms with van der Waals surface area (Å²) in [6, 6.07) is 7.99. The first-order chi connectivity index (χ1) is 11.6. The van der Waals surface area contributed by atoms with Crippen LogP contribution < -0.4 is 15.4 Å². The van der Waals surface area contributed by atoms with Crippen molar-refractivity contribution in [1.29, 1.82) is 0 Å². The number of rotatable bonds is 7. The van der Waals surface area contributed by atoms with Gasteiger partial charge in [-0.1, -0.05) is 12.1 Å².